The smallest absolute Gasteiger partial charge is 0.196 e. The lowest BCUT2D eigenvalue weighted by Crippen LogP contribution is -2.08. The zero-order chi connectivity index (χ0) is 14.9. The van der Waals surface area contributed by atoms with E-state index in [0.29, 0.717) is 0 Å². The van der Waals surface area contributed by atoms with Crippen LogP contribution in [0.15, 0.2) is 16.6 Å². The van der Waals surface area contributed by atoms with E-state index >= 15 is 0 Å². The molecule has 0 saturated carbocycles. The number of anilines is 1. The van der Waals surface area contributed by atoms with E-state index < -0.39 is 17.5 Å². The Hall–Kier alpha value is -1.50. The fourth-order valence-corrected chi connectivity index (χ4v) is 2.61. The lowest BCUT2D eigenvalue weighted by Gasteiger charge is -2.09. The van der Waals surface area contributed by atoms with Crippen LogP contribution in [0.25, 0.3) is 0 Å². The summed E-state index contributed by atoms with van der Waals surface area (Å²) in [5.74, 6) is -3.91. The zero-order valence-electron chi connectivity index (χ0n) is 11.0. The summed E-state index contributed by atoms with van der Waals surface area (Å²) in [4.78, 5) is 0. The van der Waals surface area contributed by atoms with E-state index in [0.717, 1.165) is 28.3 Å². The van der Waals surface area contributed by atoms with Crippen molar-refractivity contribution in [3.63, 3.8) is 0 Å². The van der Waals surface area contributed by atoms with Crippen LogP contribution in [0.1, 0.15) is 18.3 Å². The average Bonchev–Trinajstić information content (AvgIpc) is 2.70. The molecule has 0 atom stereocenters. The van der Waals surface area contributed by atoms with Crippen molar-refractivity contribution in [1.82, 2.24) is 9.78 Å². The zero-order valence-corrected chi connectivity index (χ0v) is 12.6. The molecule has 1 aromatic carbocycles. The molecule has 0 unspecified atom stereocenters. The Balaban J connectivity index is 2.21. The van der Waals surface area contributed by atoms with Crippen LogP contribution < -0.4 is 5.32 Å². The third kappa shape index (κ3) is 2.67. The van der Waals surface area contributed by atoms with Crippen LogP contribution >= 0.6 is 15.9 Å². The predicted octanol–water partition coefficient (Wildman–Crippen LogP) is 3.77. The summed E-state index contributed by atoms with van der Waals surface area (Å²) >= 11 is 3.43. The molecule has 0 radical (unpaired) electrons. The molecule has 2 rings (SSSR count). The van der Waals surface area contributed by atoms with Crippen LogP contribution in [0.3, 0.4) is 0 Å². The first kappa shape index (κ1) is 14.9. The van der Waals surface area contributed by atoms with Gasteiger partial charge in [-0.25, -0.2) is 13.2 Å². The number of aromatic nitrogens is 2. The highest BCUT2D eigenvalue weighted by atomic mass is 79.9. The standard InChI is InChI=1S/C13H13BrF3N3/c1-3-8-11(14)10(20(2)19-8)6-18-9-5-4-7(15)12(16)13(9)17/h4-5,18H,3,6H2,1-2H3. The third-order valence-corrected chi connectivity index (χ3v) is 3.90. The number of hydrogen-bond donors (Lipinski definition) is 1. The molecule has 0 aliphatic carbocycles. The van der Waals surface area contributed by atoms with Crippen LogP contribution in [0.2, 0.25) is 0 Å². The van der Waals surface area contributed by atoms with Gasteiger partial charge >= 0.3 is 0 Å². The first-order chi connectivity index (χ1) is 9.45. The van der Waals surface area contributed by atoms with Gasteiger partial charge in [0.2, 0.25) is 0 Å². The number of rotatable bonds is 4. The molecule has 1 heterocycles. The van der Waals surface area contributed by atoms with Gasteiger partial charge in [-0.15, -0.1) is 0 Å². The molecule has 1 N–H and O–H groups in total. The van der Waals surface area contributed by atoms with E-state index in [4.69, 9.17) is 0 Å². The van der Waals surface area contributed by atoms with E-state index in [-0.39, 0.29) is 12.2 Å². The van der Waals surface area contributed by atoms with E-state index in [9.17, 15) is 13.2 Å². The molecule has 0 aliphatic heterocycles. The molecular weight excluding hydrogens is 335 g/mol. The molecule has 0 aliphatic rings. The minimum atomic E-state index is -1.48. The summed E-state index contributed by atoms with van der Waals surface area (Å²) in [6.07, 6.45) is 0.758. The molecule has 0 spiro atoms. The normalized spacial score (nSPS) is 10.9. The van der Waals surface area contributed by atoms with Crippen molar-refractivity contribution >= 4 is 21.6 Å². The lowest BCUT2D eigenvalue weighted by molar-refractivity contribution is 0.449. The number of halogens is 4. The fourth-order valence-electron chi connectivity index (χ4n) is 1.85. The van der Waals surface area contributed by atoms with Crippen LogP contribution in [-0.4, -0.2) is 9.78 Å². The number of nitrogens with one attached hydrogen (secondary N) is 1. The van der Waals surface area contributed by atoms with Gasteiger partial charge in [-0.2, -0.15) is 5.10 Å². The van der Waals surface area contributed by atoms with Crippen molar-refractivity contribution in [2.75, 3.05) is 5.32 Å². The summed E-state index contributed by atoms with van der Waals surface area (Å²) < 4.78 is 42.0. The van der Waals surface area contributed by atoms with Crippen LogP contribution in [0, 0.1) is 17.5 Å². The van der Waals surface area contributed by atoms with Gasteiger partial charge < -0.3 is 5.32 Å². The summed E-state index contributed by atoms with van der Waals surface area (Å²) in [5, 5.41) is 7.04. The fraction of sp³-hybridized carbons (Fsp3) is 0.308. The minimum Gasteiger partial charge on any atom is -0.377 e. The number of aryl methyl sites for hydroxylation is 2. The second-order valence-corrected chi connectivity index (χ2v) is 5.05. The van der Waals surface area contributed by atoms with E-state index in [1.165, 1.54) is 6.07 Å². The maximum Gasteiger partial charge on any atom is 0.196 e. The largest absolute Gasteiger partial charge is 0.377 e. The highest BCUT2D eigenvalue weighted by Crippen LogP contribution is 2.24. The van der Waals surface area contributed by atoms with Gasteiger partial charge in [0.05, 0.1) is 28.1 Å². The van der Waals surface area contributed by atoms with Crippen LogP contribution in [0.5, 0.6) is 0 Å². The molecule has 3 nitrogen and oxygen atoms in total. The van der Waals surface area contributed by atoms with Gasteiger partial charge in [0.15, 0.2) is 17.5 Å². The second-order valence-electron chi connectivity index (χ2n) is 4.26. The molecule has 108 valence electrons. The molecular formula is C13H13BrF3N3. The maximum atomic E-state index is 13.5. The number of benzene rings is 1. The molecule has 0 saturated heterocycles. The first-order valence-electron chi connectivity index (χ1n) is 6.03. The van der Waals surface area contributed by atoms with Crippen molar-refractivity contribution < 1.29 is 13.2 Å². The highest BCUT2D eigenvalue weighted by molar-refractivity contribution is 9.10. The van der Waals surface area contributed by atoms with E-state index in [1.807, 2.05) is 6.92 Å². The Morgan fingerprint density at radius 3 is 2.55 bits per heavy atom. The summed E-state index contributed by atoms with van der Waals surface area (Å²) in [6.45, 7) is 2.21. The SMILES string of the molecule is CCc1nn(C)c(CNc2ccc(F)c(F)c2F)c1Br. The number of hydrogen-bond acceptors (Lipinski definition) is 2. The quantitative estimate of drug-likeness (QED) is 0.853. The topological polar surface area (TPSA) is 29.9 Å². The second kappa shape index (κ2) is 5.87. The molecule has 0 amide bonds. The van der Waals surface area contributed by atoms with Gasteiger partial charge in [0.25, 0.3) is 0 Å². The number of nitrogens with zero attached hydrogens (tertiary/aromatic N) is 2. The monoisotopic (exact) mass is 347 g/mol. The van der Waals surface area contributed by atoms with Crippen molar-refractivity contribution in [3.05, 3.63) is 45.4 Å². The van der Waals surface area contributed by atoms with Crippen molar-refractivity contribution in [2.45, 2.75) is 19.9 Å². The highest BCUT2D eigenvalue weighted by Gasteiger charge is 2.15. The van der Waals surface area contributed by atoms with E-state index in [2.05, 4.69) is 26.3 Å². The summed E-state index contributed by atoms with van der Waals surface area (Å²) in [5.41, 5.74) is 1.59. The van der Waals surface area contributed by atoms with Crippen LogP contribution in [-0.2, 0) is 20.0 Å². The third-order valence-electron chi connectivity index (χ3n) is 2.98. The molecule has 7 heteroatoms. The van der Waals surface area contributed by atoms with Gasteiger partial charge in [0, 0.05) is 7.05 Å². The average molecular weight is 348 g/mol. The molecule has 20 heavy (non-hydrogen) atoms. The predicted molar refractivity (Wildman–Crippen MR) is 73.9 cm³/mol. The molecule has 2 aromatic rings. The van der Waals surface area contributed by atoms with Crippen molar-refractivity contribution in [3.8, 4) is 0 Å². The Labute approximate surface area is 122 Å². The van der Waals surface area contributed by atoms with Crippen molar-refractivity contribution in [2.24, 2.45) is 7.05 Å². The maximum absolute atomic E-state index is 13.5. The minimum absolute atomic E-state index is 0.0879. The van der Waals surface area contributed by atoms with Gasteiger partial charge in [-0.05, 0) is 34.5 Å². The first-order valence-corrected chi connectivity index (χ1v) is 6.82. The Kier molecular flexibility index (Phi) is 4.37. The van der Waals surface area contributed by atoms with E-state index in [1.54, 1.807) is 11.7 Å². The van der Waals surface area contributed by atoms with Gasteiger partial charge in [-0.3, -0.25) is 4.68 Å². The Morgan fingerprint density at radius 1 is 1.25 bits per heavy atom. The Bertz CT molecular complexity index is 640. The summed E-state index contributed by atoms with van der Waals surface area (Å²) in [7, 11) is 1.77. The van der Waals surface area contributed by atoms with Gasteiger partial charge in [-0.1, -0.05) is 6.92 Å². The lowest BCUT2D eigenvalue weighted by atomic mass is 10.2. The van der Waals surface area contributed by atoms with Crippen LogP contribution in [0.4, 0.5) is 18.9 Å². The van der Waals surface area contributed by atoms with Crippen molar-refractivity contribution in [1.29, 1.82) is 0 Å². The van der Waals surface area contributed by atoms with Gasteiger partial charge in [0.1, 0.15) is 0 Å². The Morgan fingerprint density at radius 2 is 1.95 bits per heavy atom. The molecule has 1 aromatic heterocycles. The summed E-state index contributed by atoms with van der Waals surface area (Å²) in [6, 6.07) is 2.05. The molecule has 0 fully saturated rings. The molecule has 0 bridgehead atoms.